The summed E-state index contributed by atoms with van der Waals surface area (Å²) in [5, 5.41) is 0. The van der Waals surface area contributed by atoms with E-state index < -0.39 is 5.97 Å². The lowest BCUT2D eigenvalue weighted by Gasteiger charge is -2.08. The van der Waals surface area contributed by atoms with Crippen LogP contribution in [0.15, 0.2) is 47.1 Å². The summed E-state index contributed by atoms with van der Waals surface area (Å²) in [5.74, 6) is 0.162. The van der Waals surface area contributed by atoms with E-state index in [-0.39, 0.29) is 23.5 Å². The first-order valence-electron chi connectivity index (χ1n) is 6.76. The highest BCUT2D eigenvalue weighted by Crippen LogP contribution is 2.20. The molecule has 0 saturated heterocycles. The molecule has 0 amide bonds. The number of hydrogen-bond donors (Lipinski definition) is 0. The lowest BCUT2D eigenvalue weighted by atomic mass is 10.0. The van der Waals surface area contributed by atoms with Crippen LogP contribution in [-0.2, 0) is 4.74 Å². The van der Waals surface area contributed by atoms with Crippen LogP contribution in [0.4, 0.5) is 0 Å². The summed E-state index contributed by atoms with van der Waals surface area (Å²) in [4.78, 5) is 24.3. The molecule has 5 heteroatoms. The standard InChI is InChI=1S/C17H16O5/c1-3-21-17(19)14-8-6-13(20-2)11-15(14)16(18)9-7-12-5-4-10-22-12/h4-11H,3H2,1-2H3/b9-7+. The van der Waals surface area contributed by atoms with Crippen LogP contribution in [0.1, 0.15) is 33.4 Å². The Bertz CT molecular complexity index is 683. The van der Waals surface area contributed by atoms with Crippen LogP contribution >= 0.6 is 0 Å². The molecule has 0 aliphatic carbocycles. The van der Waals surface area contributed by atoms with E-state index >= 15 is 0 Å². The lowest BCUT2D eigenvalue weighted by Crippen LogP contribution is -2.11. The number of methoxy groups -OCH3 is 1. The summed E-state index contributed by atoms with van der Waals surface area (Å²) in [5.41, 5.74) is 0.428. The van der Waals surface area contributed by atoms with E-state index in [1.54, 1.807) is 25.1 Å². The average molecular weight is 300 g/mol. The Morgan fingerprint density at radius 2 is 2.05 bits per heavy atom. The molecule has 0 atom stereocenters. The molecule has 114 valence electrons. The molecular formula is C17H16O5. The highest BCUT2D eigenvalue weighted by molar-refractivity contribution is 6.13. The van der Waals surface area contributed by atoms with Crippen molar-refractivity contribution in [2.24, 2.45) is 0 Å². The fraction of sp³-hybridized carbons (Fsp3) is 0.176. The Kier molecular flexibility index (Phi) is 5.14. The highest BCUT2D eigenvalue weighted by Gasteiger charge is 2.17. The molecule has 2 aromatic rings. The van der Waals surface area contributed by atoms with Gasteiger partial charge in [-0.3, -0.25) is 4.79 Å². The number of benzene rings is 1. The van der Waals surface area contributed by atoms with Gasteiger partial charge in [0, 0.05) is 5.56 Å². The van der Waals surface area contributed by atoms with Gasteiger partial charge in [-0.2, -0.15) is 0 Å². The second kappa shape index (κ2) is 7.26. The maximum atomic E-state index is 12.3. The average Bonchev–Trinajstić information content (AvgIpc) is 3.05. The second-order valence-electron chi connectivity index (χ2n) is 4.34. The molecule has 0 saturated carbocycles. The molecule has 0 bridgehead atoms. The van der Waals surface area contributed by atoms with Gasteiger partial charge in [0.25, 0.3) is 0 Å². The number of carbonyl (C=O) groups excluding carboxylic acids is 2. The van der Waals surface area contributed by atoms with Gasteiger partial charge in [-0.15, -0.1) is 0 Å². The number of ether oxygens (including phenoxy) is 2. The van der Waals surface area contributed by atoms with E-state index in [0.717, 1.165) is 0 Å². The second-order valence-corrected chi connectivity index (χ2v) is 4.34. The van der Waals surface area contributed by atoms with Crippen molar-refractivity contribution < 1.29 is 23.5 Å². The molecule has 5 nitrogen and oxygen atoms in total. The Balaban J connectivity index is 2.33. The number of esters is 1. The molecule has 0 fully saturated rings. The number of carbonyl (C=O) groups is 2. The van der Waals surface area contributed by atoms with Crippen LogP contribution in [0, 0.1) is 0 Å². The van der Waals surface area contributed by atoms with Gasteiger partial charge >= 0.3 is 5.97 Å². The first kappa shape index (κ1) is 15.6. The van der Waals surface area contributed by atoms with Gasteiger partial charge in [-0.1, -0.05) is 0 Å². The number of furan rings is 1. The Labute approximate surface area is 128 Å². The third kappa shape index (κ3) is 3.63. The fourth-order valence-corrected chi connectivity index (χ4v) is 1.87. The quantitative estimate of drug-likeness (QED) is 0.465. The van der Waals surface area contributed by atoms with Crippen LogP contribution < -0.4 is 4.74 Å². The Morgan fingerprint density at radius 3 is 2.68 bits per heavy atom. The van der Waals surface area contributed by atoms with Crippen molar-refractivity contribution >= 4 is 17.8 Å². The van der Waals surface area contributed by atoms with Crippen LogP contribution in [0.25, 0.3) is 6.08 Å². The van der Waals surface area contributed by atoms with Crippen LogP contribution in [-0.4, -0.2) is 25.5 Å². The molecule has 0 aliphatic rings. The molecule has 22 heavy (non-hydrogen) atoms. The maximum Gasteiger partial charge on any atom is 0.338 e. The van der Waals surface area contributed by atoms with Crippen molar-refractivity contribution in [3.05, 3.63) is 59.6 Å². The topological polar surface area (TPSA) is 65.7 Å². The van der Waals surface area contributed by atoms with Crippen molar-refractivity contribution in [3.63, 3.8) is 0 Å². The third-order valence-corrected chi connectivity index (χ3v) is 2.93. The minimum atomic E-state index is -0.542. The monoisotopic (exact) mass is 300 g/mol. The van der Waals surface area contributed by atoms with Gasteiger partial charge in [0.2, 0.25) is 0 Å². The molecule has 0 spiro atoms. The fourth-order valence-electron chi connectivity index (χ4n) is 1.87. The molecule has 0 N–H and O–H groups in total. The highest BCUT2D eigenvalue weighted by atomic mass is 16.5. The van der Waals surface area contributed by atoms with Crippen molar-refractivity contribution in [3.8, 4) is 5.75 Å². The molecular weight excluding hydrogens is 284 g/mol. The van der Waals surface area contributed by atoms with Crippen LogP contribution in [0.3, 0.4) is 0 Å². The van der Waals surface area contributed by atoms with Crippen molar-refractivity contribution in [1.82, 2.24) is 0 Å². The molecule has 0 unspecified atom stereocenters. The zero-order valence-electron chi connectivity index (χ0n) is 12.4. The van der Waals surface area contributed by atoms with Crippen molar-refractivity contribution in [1.29, 1.82) is 0 Å². The molecule has 0 radical (unpaired) electrons. The van der Waals surface area contributed by atoms with Gasteiger partial charge in [-0.25, -0.2) is 4.79 Å². The summed E-state index contributed by atoms with van der Waals surface area (Å²) in [6, 6.07) is 8.09. The van der Waals surface area contributed by atoms with Crippen molar-refractivity contribution in [2.45, 2.75) is 6.92 Å². The normalized spacial score (nSPS) is 10.6. The molecule has 1 heterocycles. The molecule has 2 rings (SSSR count). The Hall–Kier alpha value is -2.82. The van der Waals surface area contributed by atoms with E-state index in [9.17, 15) is 9.59 Å². The Morgan fingerprint density at radius 1 is 1.23 bits per heavy atom. The predicted octanol–water partition coefficient (Wildman–Crippen LogP) is 3.36. The predicted molar refractivity (Wildman–Crippen MR) is 81.0 cm³/mol. The minimum absolute atomic E-state index is 0.205. The van der Waals surface area contributed by atoms with Gasteiger partial charge in [0.05, 0.1) is 25.5 Å². The summed E-state index contributed by atoms with van der Waals surface area (Å²) in [6.07, 6.45) is 4.40. The summed E-state index contributed by atoms with van der Waals surface area (Å²) >= 11 is 0. The maximum absolute atomic E-state index is 12.3. The van der Waals surface area contributed by atoms with Gasteiger partial charge < -0.3 is 13.9 Å². The van der Waals surface area contributed by atoms with Gasteiger partial charge in [-0.05, 0) is 49.4 Å². The third-order valence-electron chi connectivity index (χ3n) is 2.93. The van der Waals surface area contributed by atoms with Crippen LogP contribution in [0.2, 0.25) is 0 Å². The summed E-state index contributed by atoms with van der Waals surface area (Å²) in [7, 11) is 1.49. The number of allylic oxidation sites excluding steroid dienone is 1. The number of rotatable bonds is 6. The first-order valence-corrected chi connectivity index (χ1v) is 6.76. The van der Waals surface area contributed by atoms with E-state index in [0.29, 0.717) is 11.5 Å². The van der Waals surface area contributed by atoms with Gasteiger partial charge in [0.1, 0.15) is 11.5 Å². The van der Waals surface area contributed by atoms with E-state index in [4.69, 9.17) is 13.9 Å². The SMILES string of the molecule is CCOC(=O)c1ccc(OC)cc1C(=O)/C=C/c1ccco1. The molecule has 1 aromatic heterocycles. The lowest BCUT2D eigenvalue weighted by molar-refractivity contribution is 0.0523. The number of ketones is 1. The smallest absolute Gasteiger partial charge is 0.338 e. The van der Waals surface area contributed by atoms with E-state index in [1.807, 2.05) is 0 Å². The summed E-state index contributed by atoms with van der Waals surface area (Å²) < 4.78 is 15.2. The summed E-state index contributed by atoms with van der Waals surface area (Å²) in [6.45, 7) is 1.94. The van der Waals surface area contributed by atoms with Crippen LogP contribution in [0.5, 0.6) is 5.75 Å². The zero-order valence-corrected chi connectivity index (χ0v) is 12.4. The molecule has 1 aromatic carbocycles. The first-order chi connectivity index (χ1) is 10.7. The largest absolute Gasteiger partial charge is 0.497 e. The minimum Gasteiger partial charge on any atom is -0.497 e. The van der Waals surface area contributed by atoms with Crippen molar-refractivity contribution in [2.75, 3.05) is 13.7 Å². The van der Waals surface area contributed by atoms with E-state index in [2.05, 4.69) is 0 Å². The molecule has 0 aliphatic heterocycles. The zero-order chi connectivity index (χ0) is 15.9. The van der Waals surface area contributed by atoms with E-state index in [1.165, 1.54) is 37.7 Å². The van der Waals surface area contributed by atoms with Gasteiger partial charge in [0.15, 0.2) is 5.78 Å². The number of hydrogen-bond acceptors (Lipinski definition) is 5.